The van der Waals surface area contributed by atoms with E-state index in [1.807, 2.05) is 13.0 Å². The first kappa shape index (κ1) is 12.8. The minimum atomic E-state index is 0.0942. The lowest BCUT2D eigenvalue weighted by Crippen LogP contribution is -2.44. The van der Waals surface area contributed by atoms with Crippen molar-refractivity contribution in [1.29, 1.82) is 0 Å². The van der Waals surface area contributed by atoms with Crippen molar-refractivity contribution >= 4 is 11.5 Å². The van der Waals surface area contributed by atoms with Gasteiger partial charge in [-0.3, -0.25) is 0 Å². The molecule has 0 saturated carbocycles. The van der Waals surface area contributed by atoms with Gasteiger partial charge in [0.2, 0.25) is 0 Å². The molecular formula is C12H22N4. The molecule has 0 amide bonds. The zero-order valence-corrected chi connectivity index (χ0v) is 10.8. The fraction of sp³-hybridized carbons (Fsp3) is 0.583. The van der Waals surface area contributed by atoms with Crippen LogP contribution in [0, 0.1) is 6.92 Å². The number of nitrogens with two attached hydrogens (primary N) is 1. The van der Waals surface area contributed by atoms with E-state index >= 15 is 0 Å². The molecule has 0 fully saturated rings. The minimum absolute atomic E-state index is 0.0942. The molecule has 16 heavy (non-hydrogen) atoms. The van der Waals surface area contributed by atoms with Crippen LogP contribution in [0.15, 0.2) is 12.3 Å². The van der Waals surface area contributed by atoms with Gasteiger partial charge in [0.25, 0.3) is 0 Å². The van der Waals surface area contributed by atoms with Crippen molar-refractivity contribution < 1.29 is 0 Å². The Balaban J connectivity index is 2.65. The number of hydrogen-bond donors (Lipinski definition) is 2. The second kappa shape index (κ2) is 4.70. The number of nitrogens with one attached hydrogen (secondary N) is 1. The lowest BCUT2D eigenvalue weighted by atomic mass is 10.0. The third-order valence-corrected chi connectivity index (χ3v) is 3.06. The molecule has 4 nitrogen and oxygen atoms in total. The monoisotopic (exact) mass is 222 g/mol. The molecule has 0 aliphatic rings. The topological polar surface area (TPSA) is 54.2 Å². The number of anilines is 2. The predicted octanol–water partition coefficient (Wildman–Crippen LogP) is 1.72. The van der Waals surface area contributed by atoms with Gasteiger partial charge in [0.05, 0.1) is 11.9 Å². The molecule has 0 aliphatic carbocycles. The van der Waals surface area contributed by atoms with Gasteiger partial charge in [-0.15, -0.1) is 0 Å². The smallest absolute Gasteiger partial charge is 0.126 e. The van der Waals surface area contributed by atoms with Crippen molar-refractivity contribution in [2.24, 2.45) is 0 Å². The SMILES string of the molecule is Cc1cc(NCC(C)(C)N(C)C)ncc1N. The zero-order valence-electron chi connectivity index (χ0n) is 10.8. The third kappa shape index (κ3) is 3.10. The van der Waals surface area contributed by atoms with Crippen molar-refractivity contribution in [3.05, 3.63) is 17.8 Å². The number of hydrogen-bond acceptors (Lipinski definition) is 4. The van der Waals surface area contributed by atoms with Crippen LogP contribution in [0.1, 0.15) is 19.4 Å². The highest BCUT2D eigenvalue weighted by atomic mass is 15.2. The van der Waals surface area contributed by atoms with Crippen LogP contribution in [0.25, 0.3) is 0 Å². The molecule has 3 N–H and O–H groups in total. The van der Waals surface area contributed by atoms with Crippen molar-refractivity contribution in [3.8, 4) is 0 Å². The maximum absolute atomic E-state index is 5.72. The van der Waals surface area contributed by atoms with Crippen LogP contribution in [-0.2, 0) is 0 Å². The van der Waals surface area contributed by atoms with Crippen LogP contribution in [0.2, 0.25) is 0 Å². The Morgan fingerprint density at radius 1 is 1.44 bits per heavy atom. The maximum Gasteiger partial charge on any atom is 0.126 e. The summed E-state index contributed by atoms with van der Waals surface area (Å²) in [6.45, 7) is 7.20. The molecule has 1 rings (SSSR count). The van der Waals surface area contributed by atoms with E-state index < -0.39 is 0 Å². The number of aryl methyl sites for hydroxylation is 1. The van der Waals surface area contributed by atoms with E-state index in [2.05, 4.69) is 43.1 Å². The average molecular weight is 222 g/mol. The molecule has 1 aromatic heterocycles. The molecule has 90 valence electrons. The molecule has 1 heterocycles. The fourth-order valence-corrected chi connectivity index (χ4v) is 1.13. The molecular weight excluding hydrogens is 200 g/mol. The Bertz CT molecular complexity index is 358. The lowest BCUT2D eigenvalue weighted by Gasteiger charge is -2.32. The maximum atomic E-state index is 5.72. The van der Waals surface area contributed by atoms with E-state index in [-0.39, 0.29) is 5.54 Å². The van der Waals surface area contributed by atoms with Crippen molar-refractivity contribution in [2.45, 2.75) is 26.3 Å². The van der Waals surface area contributed by atoms with E-state index in [0.29, 0.717) is 0 Å². The van der Waals surface area contributed by atoms with Crippen LogP contribution in [0.5, 0.6) is 0 Å². The van der Waals surface area contributed by atoms with Crippen LogP contribution >= 0.6 is 0 Å². The lowest BCUT2D eigenvalue weighted by molar-refractivity contribution is 0.210. The predicted molar refractivity (Wildman–Crippen MR) is 69.6 cm³/mol. The molecule has 0 atom stereocenters. The van der Waals surface area contributed by atoms with E-state index in [4.69, 9.17) is 5.73 Å². The van der Waals surface area contributed by atoms with E-state index in [1.54, 1.807) is 6.20 Å². The molecule has 0 saturated heterocycles. The number of pyridine rings is 1. The molecule has 4 heteroatoms. The van der Waals surface area contributed by atoms with E-state index in [1.165, 1.54) is 0 Å². The van der Waals surface area contributed by atoms with Gasteiger partial charge in [0.1, 0.15) is 5.82 Å². The van der Waals surface area contributed by atoms with E-state index in [9.17, 15) is 0 Å². The van der Waals surface area contributed by atoms with Crippen molar-refractivity contribution in [3.63, 3.8) is 0 Å². The highest BCUT2D eigenvalue weighted by Crippen LogP contribution is 2.15. The van der Waals surface area contributed by atoms with E-state index in [0.717, 1.165) is 23.6 Å². The fourth-order valence-electron chi connectivity index (χ4n) is 1.13. The Labute approximate surface area is 97.9 Å². The number of nitrogen functional groups attached to an aromatic ring is 1. The summed E-state index contributed by atoms with van der Waals surface area (Å²) in [7, 11) is 4.15. The third-order valence-electron chi connectivity index (χ3n) is 3.06. The molecule has 0 spiro atoms. The molecule has 0 aromatic carbocycles. The standard InChI is InChI=1S/C12H22N4/c1-9-6-11(14-7-10(9)13)15-8-12(2,3)16(4)5/h6-7H,8,13H2,1-5H3,(H,14,15). The molecule has 1 aromatic rings. The molecule has 0 unspecified atom stereocenters. The highest BCUT2D eigenvalue weighted by molar-refractivity contribution is 5.50. The Kier molecular flexibility index (Phi) is 3.75. The quantitative estimate of drug-likeness (QED) is 0.814. The highest BCUT2D eigenvalue weighted by Gasteiger charge is 2.19. The van der Waals surface area contributed by atoms with Gasteiger partial charge in [-0.25, -0.2) is 4.98 Å². The second-order valence-electron chi connectivity index (χ2n) is 4.99. The van der Waals surface area contributed by atoms with Gasteiger partial charge in [0.15, 0.2) is 0 Å². The summed E-state index contributed by atoms with van der Waals surface area (Å²) in [6, 6.07) is 1.97. The molecule has 0 bridgehead atoms. The first-order valence-corrected chi connectivity index (χ1v) is 5.46. The number of nitrogens with zero attached hydrogens (tertiary/aromatic N) is 2. The number of rotatable bonds is 4. The summed E-state index contributed by atoms with van der Waals surface area (Å²) in [5.74, 6) is 0.877. The van der Waals surface area contributed by atoms with Crippen molar-refractivity contribution in [1.82, 2.24) is 9.88 Å². The van der Waals surface area contributed by atoms with Gasteiger partial charge in [-0.2, -0.15) is 0 Å². The van der Waals surface area contributed by atoms with Crippen LogP contribution in [0.4, 0.5) is 11.5 Å². The number of aromatic nitrogens is 1. The van der Waals surface area contributed by atoms with Gasteiger partial charge < -0.3 is 16.0 Å². The van der Waals surface area contributed by atoms with Gasteiger partial charge >= 0.3 is 0 Å². The first-order chi connectivity index (χ1) is 7.33. The van der Waals surface area contributed by atoms with Crippen LogP contribution in [-0.4, -0.2) is 36.1 Å². The summed E-state index contributed by atoms with van der Waals surface area (Å²) in [5, 5.41) is 3.33. The normalized spacial score (nSPS) is 11.9. The number of likely N-dealkylation sites (N-methyl/N-ethyl adjacent to an activating group) is 1. The van der Waals surface area contributed by atoms with Crippen molar-refractivity contribution in [2.75, 3.05) is 31.7 Å². The van der Waals surface area contributed by atoms with Gasteiger partial charge in [0, 0.05) is 12.1 Å². The Morgan fingerprint density at radius 2 is 2.06 bits per heavy atom. The second-order valence-corrected chi connectivity index (χ2v) is 4.99. The van der Waals surface area contributed by atoms with Crippen LogP contribution in [0.3, 0.4) is 0 Å². The minimum Gasteiger partial charge on any atom is -0.397 e. The molecule has 0 radical (unpaired) electrons. The molecule has 0 aliphatic heterocycles. The summed E-state index contributed by atoms with van der Waals surface area (Å²) in [6.07, 6.45) is 1.69. The largest absolute Gasteiger partial charge is 0.397 e. The summed E-state index contributed by atoms with van der Waals surface area (Å²) in [5.41, 5.74) is 7.60. The average Bonchev–Trinajstić information content (AvgIpc) is 2.20. The van der Waals surface area contributed by atoms with Gasteiger partial charge in [-0.05, 0) is 46.5 Å². The Hall–Kier alpha value is -1.29. The van der Waals surface area contributed by atoms with Crippen LogP contribution < -0.4 is 11.1 Å². The summed E-state index contributed by atoms with van der Waals surface area (Å²) >= 11 is 0. The first-order valence-electron chi connectivity index (χ1n) is 5.46. The summed E-state index contributed by atoms with van der Waals surface area (Å²) < 4.78 is 0. The zero-order chi connectivity index (χ0) is 12.3. The summed E-state index contributed by atoms with van der Waals surface area (Å²) in [4.78, 5) is 6.43. The van der Waals surface area contributed by atoms with Gasteiger partial charge in [-0.1, -0.05) is 0 Å². The Morgan fingerprint density at radius 3 is 2.56 bits per heavy atom.